The van der Waals surface area contributed by atoms with Gasteiger partial charge < -0.3 is 15.5 Å². The van der Waals surface area contributed by atoms with E-state index in [1.807, 2.05) is 4.90 Å². The Morgan fingerprint density at radius 1 is 1.10 bits per heavy atom. The lowest BCUT2D eigenvalue weighted by molar-refractivity contribution is -0.128. The van der Waals surface area contributed by atoms with Gasteiger partial charge in [-0.05, 0) is 19.3 Å². The first-order chi connectivity index (χ1) is 10.1. The van der Waals surface area contributed by atoms with Gasteiger partial charge in [-0.1, -0.05) is 39.0 Å². The summed E-state index contributed by atoms with van der Waals surface area (Å²) in [5.74, 6) is 0.0839. The number of urea groups is 1. The van der Waals surface area contributed by atoms with Gasteiger partial charge in [0.05, 0.1) is 0 Å². The summed E-state index contributed by atoms with van der Waals surface area (Å²) in [6, 6.07) is 0.228. The number of rotatable bonds is 8. The maximum absolute atomic E-state index is 11.8. The minimum atomic E-state index is -0.0982. The van der Waals surface area contributed by atoms with Crippen LogP contribution < -0.4 is 10.6 Å². The molecule has 122 valence electrons. The summed E-state index contributed by atoms with van der Waals surface area (Å²) in [6.45, 7) is 5.64. The highest BCUT2D eigenvalue weighted by Crippen LogP contribution is 2.17. The molecule has 21 heavy (non-hydrogen) atoms. The smallest absolute Gasteiger partial charge is 0.315 e. The van der Waals surface area contributed by atoms with Gasteiger partial charge in [0, 0.05) is 32.6 Å². The Labute approximate surface area is 128 Å². The fraction of sp³-hybridized carbons (Fsp3) is 0.875. The second-order valence-corrected chi connectivity index (χ2v) is 5.95. The number of nitrogens with one attached hydrogen (secondary N) is 2. The van der Waals surface area contributed by atoms with Crippen LogP contribution in [0.3, 0.4) is 0 Å². The first-order valence-corrected chi connectivity index (χ1v) is 8.43. The van der Waals surface area contributed by atoms with Crippen molar-refractivity contribution in [2.75, 3.05) is 19.6 Å². The number of unbranched alkanes of at least 4 members (excludes halogenated alkanes) is 2. The Hall–Kier alpha value is -1.26. The Bertz CT molecular complexity index is 315. The zero-order chi connectivity index (χ0) is 15.5. The molecule has 3 amide bonds. The van der Waals surface area contributed by atoms with Crippen molar-refractivity contribution in [3.05, 3.63) is 0 Å². The van der Waals surface area contributed by atoms with E-state index in [9.17, 15) is 9.59 Å². The van der Waals surface area contributed by atoms with Gasteiger partial charge in [0.1, 0.15) is 0 Å². The van der Waals surface area contributed by atoms with E-state index in [1.165, 1.54) is 19.3 Å². The maximum atomic E-state index is 11.8. The third kappa shape index (κ3) is 7.93. The fourth-order valence-corrected chi connectivity index (χ4v) is 2.77. The lowest BCUT2D eigenvalue weighted by Crippen LogP contribution is -2.45. The molecule has 1 aliphatic carbocycles. The molecule has 0 saturated heterocycles. The molecule has 0 aromatic heterocycles. The number of carbonyl (C=O) groups is 2. The molecule has 0 aromatic carbocycles. The average molecular weight is 297 g/mol. The number of hydrogen-bond acceptors (Lipinski definition) is 2. The molecule has 5 nitrogen and oxygen atoms in total. The minimum absolute atomic E-state index is 0.0839. The number of amides is 3. The van der Waals surface area contributed by atoms with Gasteiger partial charge in [-0.25, -0.2) is 4.79 Å². The van der Waals surface area contributed by atoms with Crippen molar-refractivity contribution in [1.82, 2.24) is 15.5 Å². The molecule has 1 rings (SSSR count). The van der Waals surface area contributed by atoms with Crippen LogP contribution in [0.15, 0.2) is 0 Å². The van der Waals surface area contributed by atoms with E-state index >= 15 is 0 Å². The van der Waals surface area contributed by atoms with Gasteiger partial charge in [0.15, 0.2) is 0 Å². The highest BCUT2D eigenvalue weighted by atomic mass is 16.2. The van der Waals surface area contributed by atoms with Gasteiger partial charge in [-0.2, -0.15) is 0 Å². The summed E-state index contributed by atoms with van der Waals surface area (Å²) >= 11 is 0. The summed E-state index contributed by atoms with van der Waals surface area (Å²) in [5.41, 5.74) is 0. The van der Waals surface area contributed by atoms with Crippen LogP contribution in [0.4, 0.5) is 4.79 Å². The van der Waals surface area contributed by atoms with Crippen LogP contribution in [0.1, 0.15) is 65.2 Å². The first-order valence-electron chi connectivity index (χ1n) is 8.43. The molecule has 2 N–H and O–H groups in total. The summed E-state index contributed by atoms with van der Waals surface area (Å²) in [5, 5.41) is 5.88. The zero-order valence-electron chi connectivity index (χ0n) is 13.6. The molecule has 0 aliphatic heterocycles. The molecular weight excluding hydrogens is 266 g/mol. The topological polar surface area (TPSA) is 61.4 Å². The highest BCUT2D eigenvalue weighted by molar-refractivity contribution is 5.75. The SMILES string of the molecule is CCCCCN(CCNC(=O)NC1CCCCC1)C(C)=O. The summed E-state index contributed by atoms with van der Waals surface area (Å²) in [6.07, 6.45) is 9.19. The number of hydrogen-bond donors (Lipinski definition) is 2. The molecular formula is C16H31N3O2. The molecule has 0 atom stereocenters. The highest BCUT2D eigenvalue weighted by Gasteiger charge is 2.15. The van der Waals surface area contributed by atoms with Gasteiger partial charge in [0.25, 0.3) is 0 Å². The third-order valence-electron chi connectivity index (χ3n) is 4.08. The van der Waals surface area contributed by atoms with E-state index in [0.29, 0.717) is 19.1 Å². The molecule has 0 heterocycles. The molecule has 0 aromatic rings. The van der Waals surface area contributed by atoms with Crippen LogP contribution in [0, 0.1) is 0 Å². The molecule has 0 radical (unpaired) electrons. The van der Waals surface area contributed by atoms with Crippen molar-refractivity contribution in [3.63, 3.8) is 0 Å². The number of carbonyl (C=O) groups excluding carboxylic acids is 2. The second-order valence-electron chi connectivity index (χ2n) is 5.95. The van der Waals surface area contributed by atoms with E-state index in [4.69, 9.17) is 0 Å². The van der Waals surface area contributed by atoms with E-state index in [-0.39, 0.29) is 11.9 Å². The Balaban J connectivity index is 2.16. The van der Waals surface area contributed by atoms with Crippen LogP contribution in [0.2, 0.25) is 0 Å². The molecule has 0 bridgehead atoms. The lowest BCUT2D eigenvalue weighted by atomic mass is 9.96. The van der Waals surface area contributed by atoms with Crippen LogP contribution in [0.25, 0.3) is 0 Å². The minimum Gasteiger partial charge on any atom is -0.341 e. The number of nitrogens with zero attached hydrogens (tertiary/aromatic N) is 1. The molecule has 0 unspecified atom stereocenters. The van der Waals surface area contributed by atoms with Crippen molar-refractivity contribution in [1.29, 1.82) is 0 Å². The largest absolute Gasteiger partial charge is 0.341 e. The van der Waals surface area contributed by atoms with Gasteiger partial charge in [0.2, 0.25) is 5.91 Å². The van der Waals surface area contributed by atoms with Gasteiger partial charge >= 0.3 is 6.03 Å². The monoisotopic (exact) mass is 297 g/mol. The Kier molecular flexibility index (Phi) is 8.87. The van der Waals surface area contributed by atoms with Gasteiger partial charge in [-0.15, -0.1) is 0 Å². The Morgan fingerprint density at radius 2 is 1.81 bits per heavy atom. The Morgan fingerprint density at radius 3 is 2.43 bits per heavy atom. The van der Waals surface area contributed by atoms with E-state index < -0.39 is 0 Å². The predicted molar refractivity (Wildman–Crippen MR) is 85.2 cm³/mol. The molecule has 5 heteroatoms. The second kappa shape index (κ2) is 10.5. The van der Waals surface area contributed by atoms with Crippen molar-refractivity contribution >= 4 is 11.9 Å². The molecule has 1 aliphatic rings. The molecule has 1 saturated carbocycles. The summed E-state index contributed by atoms with van der Waals surface area (Å²) < 4.78 is 0. The van der Waals surface area contributed by atoms with E-state index in [0.717, 1.165) is 38.6 Å². The predicted octanol–water partition coefficient (Wildman–Crippen LogP) is 2.66. The van der Waals surface area contributed by atoms with Crippen LogP contribution in [-0.4, -0.2) is 42.5 Å². The van der Waals surface area contributed by atoms with Crippen LogP contribution >= 0.6 is 0 Å². The summed E-state index contributed by atoms with van der Waals surface area (Å²) in [4.78, 5) is 25.1. The average Bonchev–Trinajstić information content (AvgIpc) is 2.46. The molecule has 0 spiro atoms. The van der Waals surface area contributed by atoms with Crippen LogP contribution in [0.5, 0.6) is 0 Å². The fourth-order valence-electron chi connectivity index (χ4n) is 2.77. The third-order valence-corrected chi connectivity index (χ3v) is 4.08. The normalized spacial score (nSPS) is 15.5. The van der Waals surface area contributed by atoms with Crippen molar-refractivity contribution in [3.8, 4) is 0 Å². The van der Waals surface area contributed by atoms with E-state index in [1.54, 1.807) is 6.92 Å². The molecule has 1 fully saturated rings. The van der Waals surface area contributed by atoms with Crippen molar-refractivity contribution in [2.45, 2.75) is 71.3 Å². The standard InChI is InChI=1S/C16H31N3O2/c1-3-4-8-12-19(14(2)20)13-11-17-16(21)18-15-9-6-5-7-10-15/h15H,3-13H2,1-2H3,(H2,17,18,21). The maximum Gasteiger partial charge on any atom is 0.315 e. The zero-order valence-corrected chi connectivity index (χ0v) is 13.6. The van der Waals surface area contributed by atoms with Crippen molar-refractivity contribution < 1.29 is 9.59 Å². The quantitative estimate of drug-likeness (QED) is 0.677. The lowest BCUT2D eigenvalue weighted by Gasteiger charge is -2.24. The van der Waals surface area contributed by atoms with Gasteiger partial charge in [-0.3, -0.25) is 4.79 Å². The van der Waals surface area contributed by atoms with Crippen molar-refractivity contribution in [2.24, 2.45) is 0 Å². The first kappa shape index (κ1) is 17.8. The summed E-state index contributed by atoms with van der Waals surface area (Å²) in [7, 11) is 0. The van der Waals surface area contributed by atoms with E-state index in [2.05, 4.69) is 17.6 Å². The van der Waals surface area contributed by atoms with Crippen LogP contribution in [-0.2, 0) is 4.79 Å².